The summed E-state index contributed by atoms with van der Waals surface area (Å²) in [5, 5.41) is 8.77. The summed E-state index contributed by atoms with van der Waals surface area (Å²) in [6.07, 6.45) is 0. The Kier molecular flexibility index (Phi) is 5.54. The van der Waals surface area contributed by atoms with Crippen LogP contribution in [-0.2, 0) is 10.0 Å². The summed E-state index contributed by atoms with van der Waals surface area (Å²) >= 11 is 1.47. The van der Waals surface area contributed by atoms with Crippen LogP contribution in [-0.4, -0.2) is 21.5 Å². The Morgan fingerprint density at radius 3 is 2.44 bits per heavy atom. The lowest BCUT2D eigenvalue weighted by Gasteiger charge is -2.14. The maximum Gasteiger partial charge on any atom is 0.323 e. The molecule has 0 bridgehead atoms. The largest absolute Gasteiger partial charge is 0.323 e. The number of halogens is 1. The molecule has 3 rings (SSSR count). The Balaban J connectivity index is 1.95. The molecule has 0 spiro atoms. The minimum Gasteiger partial charge on any atom is -0.307 e. The quantitative estimate of drug-likeness (QED) is 0.597. The van der Waals surface area contributed by atoms with Crippen molar-refractivity contribution in [2.24, 2.45) is 0 Å². The summed E-state index contributed by atoms with van der Waals surface area (Å²) in [7, 11) is -2.38. The molecule has 0 saturated carbocycles. The van der Waals surface area contributed by atoms with Crippen molar-refractivity contribution in [2.45, 2.75) is 4.90 Å². The van der Waals surface area contributed by atoms with Crippen LogP contribution < -0.4 is 15.4 Å². The van der Waals surface area contributed by atoms with Crippen molar-refractivity contribution in [3.63, 3.8) is 0 Å². The fourth-order valence-electron chi connectivity index (χ4n) is 2.42. The lowest BCUT2D eigenvalue weighted by Crippen LogP contribution is -2.22. The molecule has 0 radical (unpaired) electrons. The van der Waals surface area contributed by atoms with Gasteiger partial charge in [-0.3, -0.25) is 0 Å². The fourth-order valence-corrected chi connectivity index (χ4v) is 3.83. The SMILES string of the molecule is CNS(=O)(=O)c1ccc(-c2ccsc2)c(NC(=O)Nc2ccccc2F)c1. The summed E-state index contributed by atoms with van der Waals surface area (Å²) in [5.74, 6) is -0.572. The molecule has 0 aliphatic heterocycles. The van der Waals surface area contributed by atoms with Crippen LogP contribution in [0.25, 0.3) is 11.1 Å². The maximum absolute atomic E-state index is 13.7. The Hall–Kier alpha value is -2.75. The first kappa shape index (κ1) is 19.0. The molecule has 0 atom stereocenters. The van der Waals surface area contributed by atoms with Crippen molar-refractivity contribution < 1.29 is 17.6 Å². The first-order chi connectivity index (χ1) is 12.9. The summed E-state index contributed by atoms with van der Waals surface area (Å²) < 4.78 is 40.1. The smallest absolute Gasteiger partial charge is 0.307 e. The molecule has 2 aromatic carbocycles. The van der Waals surface area contributed by atoms with Crippen molar-refractivity contribution in [3.8, 4) is 11.1 Å². The zero-order chi connectivity index (χ0) is 19.4. The summed E-state index contributed by atoms with van der Waals surface area (Å²) in [6, 6.07) is 11.4. The minimum atomic E-state index is -3.69. The predicted molar refractivity (Wildman–Crippen MR) is 105 cm³/mol. The van der Waals surface area contributed by atoms with Gasteiger partial charge in [0.25, 0.3) is 0 Å². The van der Waals surface area contributed by atoms with Crippen LogP contribution >= 0.6 is 11.3 Å². The van der Waals surface area contributed by atoms with Crippen molar-refractivity contribution >= 4 is 38.8 Å². The second kappa shape index (κ2) is 7.87. The molecule has 140 valence electrons. The van der Waals surface area contributed by atoms with Gasteiger partial charge >= 0.3 is 6.03 Å². The third kappa shape index (κ3) is 4.33. The average Bonchev–Trinajstić information content (AvgIpc) is 3.18. The molecular weight excluding hydrogens is 389 g/mol. The molecule has 0 fully saturated rings. The standard InChI is InChI=1S/C18H16FN3O3S2/c1-20-27(24,25)13-6-7-14(12-8-9-26-11-12)17(10-13)22-18(23)21-16-5-3-2-4-15(16)19/h2-11,20H,1H3,(H2,21,22,23). The van der Waals surface area contributed by atoms with Gasteiger partial charge in [-0.05, 0) is 53.7 Å². The van der Waals surface area contributed by atoms with E-state index in [0.717, 1.165) is 5.56 Å². The maximum atomic E-state index is 13.7. The molecule has 1 aromatic heterocycles. The molecule has 2 amide bonds. The second-order valence-electron chi connectivity index (χ2n) is 5.49. The van der Waals surface area contributed by atoms with Gasteiger partial charge in [-0.15, -0.1) is 0 Å². The van der Waals surface area contributed by atoms with Gasteiger partial charge in [0.15, 0.2) is 0 Å². The van der Waals surface area contributed by atoms with Crippen molar-refractivity contribution in [1.82, 2.24) is 4.72 Å². The van der Waals surface area contributed by atoms with E-state index < -0.39 is 21.9 Å². The summed E-state index contributed by atoms with van der Waals surface area (Å²) in [4.78, 5) is 12.3. The average molecular weight is 405 g/mol. The number of sulfonamides is 1. The van der Waals surface area contributed by atoms with Gasteiger partial charge in [0.05, 0.1) is 16.3 Å². The highest BCUT2D eigenvalue weighted by atomic mass is 32.2. The van der Waals surface area contributed by atoms with Gasteiger partial charge in [0.1, 0.15) is 5.82 Å². The normalized spacial score (nSPS) is 11.2. The Bertz CT molecular complexity index is 1070. The fraction of sp³-hybridized carbons (Fsp3) is 0.0556. The number of carbonyl (C=O) groups is 1. The van der Waals surface area contributed by atoms with Gasteiger partial charge in [-0.25, -0.2) is 22.3 Å². The first-order valence-electron chi connectivity index (χ1n) is 7.83. The zero-order valence-corrected chi connectivity index (χ0v) is 15.8. The van der Waals surface area contributed by atoms with Crippen molar-refractivity contribution in [1.29, 1.82) is 0 Å². The van der Waals surface area contributed by atoms with Gasteiger partial charge < -0.3 is 10.6 Å². The lowest BCUT2D eigenvalue weighted by atomic mass is 10.1. The number of hydrogen-bond donors (Lipinski definition) is 3. The Morgan fingerprint density at radius 1 is 1.04 bits per heavy atom. The van der Waals surface area contributed by atoms with Crippen LogP contribution in [0.3, 0.4) is 0 Å². The number of anilines is 2. The summed E-state index contributed by atoms with van der Waals surface area (Å²) in [5.41, 5.74) is 1.79. The number of urea groups is 1. The molecular formula is C18H16FN3O3S2. The van der Waals surface area contributed by atoms with E-state index in [2.05, 4.69) is 15.4 Å². The summed E-state index contributed by atoms with van der Waals surface area (Å²) in [6.45, 7) is 0. The van der Waals surface area contributed by atoms with Crippen LogP contribution in [0.5, 0.6) is 0 Å². The highest BCUT2D eigenvalue weighted by Gasteiger charge is 2.17. The lowest BCUT2D eigenvalue weighted by molar-refractivity contribution is 0.262. The number of para-hydroxylation sites is 1. The van der Waals surface area contributed by atoms with Gasteiger partial charge in [-0.1, -0.05) is 18.2 Å². The molecule has 3 aromatic rings. The molecule has 0 saturated heterocycles. The molecule has 0 aliphatic carbocycles. The van der Waals surface area contributed by atoms with E-state index in [1.54, 1.807) is 12.1 Å². The molecule has 0 aliphatic rings. The van der Waals surface area contributed by atoms with E-state index in [1.165, 1.54) is 48.7 Å². The van der Waals surface area contributed by atoms with Crippen LogP contribution in [0.2, 0.25) is 0 Å². The van der Waals surface area contributed by atoms with Crippen molar-refractivity contribution in [3.05, 3.63) is 65.1 Å². The molecule has 1 heterocycles. The van der Waals surface area contributed by atoms with E-state index in [-0.39, 0.29) is 10.6 Å². The molecule has 3 N–H and O–H groups in total. The first-order valence-corrected chi connectivity index (χ1v) is 10.3. The Morgan fingerprint density at radius 2 is 1.78 bits per heavy atom. The van der Waals surface area contributed by atoms with Crippen LogP contribution in [0, 0.1) is 5.82 Å². The van der Waals surface area contributed by atoms with E-state index >= 15 is 0 Å². The molecule has 27 heavy (non-hydrogen) atoms. The van der Waals surface area contributed by atoms with E-state index in [4.69, 9.17) is 0 Å². The Labute approximate surface area is 160 Å². The number of carbonyl (C=O) groups excluding carboxylic acids is 1. The molecule has 0 unspecified atom stereocenters. The third-order valence-electron chi connectivity index (χ3n) is 3.77. The highest BCUT2D eigenvalue weighted by molar-refractivity contribution is 7.89. The van der Waals surface area contributed by atoms with Crippen molar-refractivity contribution in [2.75, 3.05) is 17.7 Å². The zero-order valence-electron chi connectivity index (χ0n) is 14.2. The van der Waals surface area contributed by atoms with E-state index in [1.807, 2.05) is 16.8 Å². The van der Waals surface area contributed by atoms with E-state index in [0.29, 0.717) is 11.3 Å². The topological polar surface area (TPSA) is 87.3 Å². The van der Waals surface area contributed by atoms with Gasteiger partial charge in [0.2, 0.25) is 10.0 Å². The van der Waals surface area contributed by atoms with Gasteiger partial charge in [0, 0.05) is 5.56 Å². The number of thiophene rings is 1. The molecule has 6 nitrogen and oxygen atoms in total. The minimum absolute atomic E-state index is 0.00479. The number of hydrogen-bond acceptors (Lipinski definition) is 4. The monoisotopic (exact) mass is 405 g/mol. The number of amides is 2. The number of nitrogens with one attached hydrogen (secondary N) is 3. The van der Waals surface area contributed by atoms with Crippen LogP contribution in [0.4, 0.5) is 20.6 Å². The number of rotatable bonds is 5. The van der Waals surface area contributed by atoms with Crippen LogP contribution in [0.15, 0.2) is 64.2 Å². The molecule has 9 heteroatoms. The third-order valence-corrected chi connectivity index (χ3v) is 5.87. The van der Waals surface area contributed by atoms with Crippen LogP contribution in [0.1, 0.15) is 0 Å². The van der Waals surface area contributed by atoms with E-state index in [9.17, 15) is 17.6 Å². The highest BCUT2D eigenvalue weighted by Crippen LogP contribution is 2.32. The predicted octanol–water partition coefficient (Wildman–Crippen LogP) is 4.11. The second-order valence-corrected chi connectivity index (χ2v) is 8.15. The number of benzene rings is 2. The van der Waals surface area contributed by atoms with Gasteiger partial charge in [-0.2, -0.15) is 11.3 Å².